The lowest BCUT2D eigenvalue weighted by Gasteiger charge is -1.88. The second-order valence-corrected chi connectivity index (χ2v) is 1.71. The van der Waals surface area contributed by atoms with Crippen LogP contribution in [-0.4, -0.2) is 22.8 Å². The van der Waals surface area contributed by atoms with E-state index in [2.05, 4.69) is 0 Å². The van der Waals surface area contributed by atoms with Crippen molar-refractivity contribution < 1.29 is 19.5 Å². The molecule has 6 heteroatoms. The number of Topliss-reactive ketones (excluding diaryl/α,β-unsaturated/α-hetero) is 1. The summed E-state index contributed by atoms with van der Waals surface area (Å²) in [4.78, 5) is 39.6. The standard InChI is InChI=1S/C5H5NO5/c7-3(5(9)10)1-2-4(8)6-11/h1-2H2,(H,9,10). The number of nitrogens with zero attached hydrogens (tertiary/aromatic N) is 1. The number of carbonyl (C=O) groups is 3. The largest absolute Gasteiger partial charge is 0.476 e. The molecule has 0 rings (SSSR count). The number of carbonyl (C=O) groups excluding carboxylic acids is 2. The number of hydrogen-bond acceptors (Lipinski definition) is 4. The van der Waals surface area contributed by atoms with Crippen LogP contribution in [0.1, 0.15) is 12.8 Å². The zero-order valence-corrected chi connectivity index (χ0v) is 5.44. The average Bonchev–Trinajstić information content (AvgIpc) is 1.99. The van der Waals surface area contributed by atoms with Gasteiger partial charge in [-0.05, 0) is 0 Å². The predicted octanol–water partition coefficient (Wildman–Crippen LogP) is -0.287. The van der Waals surface area contributed by atoms with Crippen molar-refractivity contribution in [3.8, 4) is 0 Å². The van der Waals surface area contributed by atoms with Crippen molar-refractivity contribution in [2.75, 3.05) is 0 Å². The smallest absolute Gasteiger partial charge is 0.372 e. The van der Waals surface area contributed by atoms with E-state index in [0.29, 0.717) is 0 Å². The summed E-state index contributed by atoms with van der Waals surface area (Å²) in [6.45, 7) is 0. The highest BCUT2D eigenvalue weighted by atomic mass is 16.4. The van der Waals surface area contributed by atoms with E-state index in [0.717, 1.165) is 0 Å². The summed E-state index contributed by atoms with van der Waals surface area (Å²) in [6, 6.07) is 0. The SMILES string of the molecule is O=NC(=O)CCC(=O)C(=O)O. The maximum atomic E-state index is 10.3. The first kappa shape index (κ1) is 9.41. The van der Waals surface area contributed by atoms with Crippen LogP contribution in [0.25, 0.3) is 0 Å². The molecule has 0 unspecified atom stereocenters. The normalized spacial score (nSPS) is 8.73. The molecule has 0 aliphatic carbocycles. The molecule has 1 N–H and O–H groups in total. The van der Waals surface area contributed by atoms with Crippen molar-refractivity contribution >= 4 is 17.7 Å². The molecule has 6 nitrogen and oxygen atoms in total. The first-order valence-electron chi connectivity index (χ1n) is 2.70. The summed E-state index contributed by atoms with van der Waals surface area (Å²) in [5.41, 5.74) is 0. The highest BCUT2D eigenvalue weighted by Crippen LogP contribution is 1.93. The van der Waals surface area contributed by atoms with E-state index in [1.54, 1.807) is 0 Å². The molecule has 11 heavy (non-hydrogen) atoms. The van der Waals surface area contributed by atoms with Crippen LogP contribution in [0.3, 0.4) is 0 Å². The van der Waals surface area contributed by atoms with Gasteiger partial charge in [0, 0.05) is 18.0 Å². The number of carboxylic acids is 1. The number of carboxylic acid groups (broad SMARTS) is 1. The Morgan fingerprint density at radius 2 is 1.73 bits per heavy atom. The number of rotatable bonds is 4. The molecule has 0 bridgehead atoms. The number of nitroso groups, excluding NO2 is 1. The maximum Gasteiger partial charge on any atom is 0.372 e. The van der Waals surface area contributed by atoms with Crippen LogP contribution in [0, 0.1) is 4.91 Å². The van der Waals surface area contributed by atoms with Crippen molar-refractivity contribution in [2.24, 2.45) is 5.18 Å². The summed E-state index contributed by atoms with van der Waals surface area (Å²) >= 11 is 0. The Morgan fingerprint density at radius 3 is 2.09 bits per heavy atom. The van der Waals surface area contributed by atoms with Crippen LogP contribution in [0.4, 0.5) is 0 Å². The molecule has 0 radical (unpaired) electrons. The van der Waals surface area contributed by atoms with E-state index in [9.17, 15) is 19.3 Å². The lowest BCUT2D eigenvalue weighted by Crippen LogP contribution is -2.13. The lowest BCUT2D eigenvalue weighted by molar-refractivity contribution is -0.149. The van der Waals surface area contributed by atoms with E-state index in [-0.39, 0.29) is 0 Å². The van der Waals surface area contributed by atoms with Crippen LogP contribution < -0.4 is 0 Å². The van der Waals surface area contributed by atoms with E-state index < -0.39 is 30.5 Å². The minimum absolute atomic E-state index is 0.436. The van der Waals surface area contributed by atoms with Gasteiger partial charge in [-0.1, -0.05) is 0 Å². The Morgan fingerprint density at radius 1 is 1.18 bits per heavy atom. The molecular weight excluding hydrogens is 154 g/mol. The predicted molar refractivity (Wildman–Crippen MR) is 32.7 cm³/mol. The number of hydrogen-bond donors (Lipinski definition) is 1. The van der Waals surface area contributed by atoms with Gasteiger partial charge < -0.3 is 5.11 Å². The zero-order chi connectivity index (χ0) is 8.85. The van der Waals surface area contributed by atoms with E-state index >= 15 is 0 Å². The Bertz CT molecular complexity index is 209. The zero-order valence-electron chi connectivity index (χ0n) is 5.44. The molecule has 0 aromatic carbocycles. The molecule has 0 saturated heterocycles. The average molecular weight is 159 g/mol. The maximum absolute atomic E-state index is 10.3. The molecule has 0 aliphatic heterocycles. The molecule has 0 aliphatic rings. The number of ketones is 1. The Labute approximate surface area is 61.2 Å². The van der Waals surface area contributed by atoms with Gasteiger partial charge in [0.1, 0.15) is 0 Å². The lowest BCUT2D eigenvalue weighted by atomic mass is 10.2. The van der Waals surface area contributed by atoms with Gasteiger partial charge in [-0.2, -0.15) is 0 Å². The van der Waals surface area contributed by atoms with Gasteiger partial charge in [-0.25, -0.2) is 4.79 Å². The monoisotopic (exact) mass is 159 g/mol. The van der Waals surface area contributed by atoms with Gasteiger partial charge in [-0.3, -0.25) is 9.59 Å². The van der Waals surface area contributed by atoms with Crippen molar-refractivity contribution in [1.29, 1.82) is 0 Å². The molecule has 1 amide bonds. The molecule has 0 aromatic rings. The fourth-order valence-corrected chi connectivity index (χ4v) is 0.373. The minimum Gasteiger partial charge on any atom is -0.476 e. The molecule has 60 valence electrons. The van der Waals surface area contributed by atoms with Crippen molar-refractivity contribution in [3.05, 3.63) is 4.91 Å². The summed E-state index contributed by atoms with van der Waals surface area (Å²) in [5, 5.41) is 9.98. The highest BCUT2D eigenvalue weighted by molar-refractivity contribution is 6.32. The second-order valence-electron chi connectivity index (χ2n) is 1.71. The fraction of sp³-hybridized carbons (Fsp3) is 0.400. The van der Waals surface area contributed by atoms with E-state index in [4.69, 9.17) is 5.11 Å². The summed E-state index contributed by atoms with van der Waals surface area (Å²) in [6.07, 6.45) is -0.908. The van der Waals surface area contributed by atoms with E-state index in [1.807, 2.05) is 5.18 Å². The van der Waals surface area contributed by atoms with Crippen LogP contribution in [0.15, 0.2) is 5.18 Å². The van der Waals surface area contributed by atoms with Crippen LogP contribution in [-0.2, 0) is 14.4 Å². The van der Waals surface area contributed by atoms with Gasteiger partial charge in [0.25, 0.3) is 5.91 Å². The van der Waals surface area contributed by atoms with Gasteiger partial charge in [-0.15, -0.1) is 4.91 Å². The third kappa shape index (κ3) is 3.90. The van der Waals surface area contributed by atoms with Crippen LogP contribution in [0.5, 0.6) is 0 Å². The third-order valence-corrected chi connectivity index (χ3v) is 0.906. The minimum atomic E-state index is -1.61. The first-order valence-corrected chi connectivity index (χ1v) is 2.70. The van der Waals surface area contributed by atoms with Gasteiger partial charge in [0.2, 0.25) is 5.78 Å². The van der Waals surface area contributed by atoms with Crippen LogP contribution in [0.2, 0.25) is 0 Å². The molecule has 0 atom stereocenters. The topological polar surface area (TPSA) is 101 Å². The van der Waals surface area contributed by atoms with Gasteiger partial charge in [0.15, 0.2) is 0 Å². The number of amides is 1. The number of aliphatic carboxylic acids is 1. The quantitative estimate of drug-likeness (QED) is 0.448. The Hall–Kier alpha value is -1.59. The summed E-state index contributed by atoms with van der Waals surface area (Å²) < 4.78 is 0. The second kappa shape index (κ2) is 4.26. The Kier molecular flexibility index (Phi) is 3.65. The fourth-order valence-electron chi connectivity index (χ4n) is 0.373. The first-order chi connectivity index (χ1) is 5.07. The Balaban J connectivity index is 3.71. The van der Waals surface area contributed by atoms with Gasteiger partial charge in [0.05, 0.1) is 0 Å². The molecule has 0 heterocycles. The molecule has 0 aromatic heterocycles. The summed E-state index contributed by atoms with van der Waals surface area (Å²) in [5.74, 6) is -3.72. The molecule has 0 fully saturated rings. The molecule has 0 spiro atoms. The van der Waals surface area contributed by atoms with Crippen molar-refractivity contribution in [3.63, 3.8) is 0 Å². The summed E-state index contributed by atoms with van der Waals surface area (Å²) in [7, 11) is 0. The van der Waals surface area contributed by atoms with Crippen molar-refractivity contribution in [1.82, 2.24) is 0 Å². The van der Waals surface area contributed by atoms with Gasteiger partial charge >= 0.3 is 5.97 Å². The van der Waals surface area contributed by atoms with Crippen molar-refractivity contribution in [2.45, 2.75) is 12.8 Å². The van der Waals surface area contributed by atoms with E-state index in [1.165, 1.54) is 0 Å². The van der Waals surface area contributed by atoms with Crippen LogP contribution >= 0.6 is 0 Å². The highest BCUT2D eigenvalue weighted by Gasteiger charge is 2.13. The molecule has 0 saturated carbocycles. The third-order valence-electron chi connectivity index (χ3n) is 0.906. The molecular formula is C5H5NO5.